The maximum atomic E-state index is 13.2. The minimum atomic E-state index is -3.09. The molecule has 116 valence electrons. The third-order valence-corrected chi connectivity index (χ3v) is 6.62. The van der Waals surface area contributed by atoms with Crippen LogP contribution >= 0.6 is 24.0 Å². The Bertz CT molecular complexity index is 788. The van der Waals surface area contributed by atoms with Crippen LogP contribution in [0, 0.1) is 5.82 Å². The Morgan fingerprint density at radius 2 is 2.18 bits per heavy atom. The fourth-order valence-corrected chi connectivity index (χ4v) is 5.62. The molecule has 0 aliphatic carbocycles. The molecule has 3 rings (SSSR count). The van der Waals surface area contributed by atoms with Crippen LogP contribution in [0.1, 0.15) is 12.0 Å². The summed E-state index contributed by atoms with van der Waals surface area (Å²) in [6, 6.07) is 5.51. The highest BCUT2D eigenvalue weighted by Crippen LogP contribution is 2.36. The molecular formula is C14H12FNO3S3. The van der Waals surface area contributed by atoms with Gasteiger partial charge in [0.2, 0.25) is 0 Å². The highest BCUT2D eigenvalue weighted by Gasteiger charge is 2.42. The fourth-order valence-electron chi connectivity index (χ4n) is 2.52. The second kappa shape index (κ2) is 5.75. The normalized spacial score (nSPS) is 26.1. The minimum Gasteiger partial charge on any atom is -0.289 e. The summed E-state index contributed by atoms with van der Waals surface area (Å²) in [5.74, 6) is -0.655. The number of hydrogen-bond donors (Lipinski definition) is 0. The van der Waals surface area contributed by atoms with E-state index in [9.17, 15) is 17.6 Å². The zero-order chi connectivity index (χ0) is 15.9. The molecule has 2 fully saturated rings. The number of rotatable bonds is 2. The zero-order valence-corrected chi connectivity index (χ0v) is 13.8. The summed E-state index contributed by atoms with van der Waals surface area (Å²) in [6.45, 7) is 0. The van der Waals surface area contributed by atoms with Crippen LogP contribution in [0.3, 0.4) is 0 Å². The monoisotopic (exact) mass is 357 g/mol. The van der Waals surface area contributed by atoms with Gasteiger partial charge >= 0.3 is 0 Å². The molecule has 1 amide bonds. The predicted molar refractivity (Wildman–Crippen MR) is 88.5 cm³/mol. The number of hydrogen-bond acceptors (Lipinski definition) is 5. The number of halogens is 1. The van der Waals surface area contributed by atoms with Crippen molar-refractivity contribution in [2.24, 2.45) is 0 Å². The topological polar surface area (TPSA) is 54.5 Å². The standard InChI is InChI=1S/C14H12FNO3S3/c15-10-3-1-2-9(6-10)7-12-13(17)16(14(20)21-12)11-4-5-22(18,19)8-11/h1-3,6-7,11H,4-5,8H2/b12-7+/t11-/m0/s1. The molecule has 2 saturated heterocycles. The van der Waals surface area contributed by atoms with Crippen LogP contribution < -0.4 is 0 Å². The maximum Gasteiger partial charge on any atom is 0.266 e. The van der Waals surface area contributed by atoms with Gasteiger partial charge in [0.05, 0.1) is 22.5 Å². The number of amides is 1. The lowest BCUT2D eigenvalue weighted by Crippen LogP contribution is -2.39. The molecule has 0 radical (unpaired) electrons. The average Bonchev–Trinajstić information content (AvgIpc) is 2.90. The highest BCUT2D eigenvalue weighted by molar-refractivity contribution is 8.26. The summed E-state index contributed by atoms with van der Waals surface area (Å²) in [4.78, 5) is 14.2. The number of benzene rings is 1. The van der Waals surface area contributed by atoms with E-state index in [-0.39, 0.29) is 23.2 Å². The molecule has 2 aliphatic rings. The van der Waals surface area contributed by atoms with E-state index in [2.05, 4.69) is 0 Å². The number of thioether (sulfide) groups is 1. The number of carbonyl (C=O) groups is 1. The minimum absolute atomic E-state index is 0.0489. The van der Waals surface area contributed by atoms with Gasteiger partial charge in [0.25, 0.3) is 5.91 Å². The van der Waals surface area contributed by atoms with Crippen LogP contribution in [-0.4, -0.2) is 41.1 Å². The Kier molecular flexibility index (Phi) is 4.09. The van der Waals surface area contributed by atoms with Crippen molar-refractivity contribution in [3.8, 4) is 0 Å². The van der Waals surface area contributed by atoms with Gasteiger partial charge in [0.1, 0.15) is 10.1 Å². The first kappa shape index (κ1) is 15.6. The van der Waals surface area contributed by atoms with Gasteiger partial charge in [-0.3, -0.25) is 9.69 Å². The van der Waals surface area contributed by atoms with Crippen LogP contribution in [0.2, 0.25) is 0 Å². The molecule has 1 aromatic rings. The molecule has 0 saturated carbocycles. The number of nitrogens with zero attached hydrogens (tertiary/aromatic N) is 1. The molecule has 0 unspecified atom stereocenters. The lowest BCUT2D eigenvalue weighted by Gasteiger charge is -2.20. The first-order chi connectivity index (χ1) is 10.4. The van der Waals surface area contributed by atoms with Crippen molar-refractivity contribution < 1.29 is 17.6 Å². The lowest BCUT2D eigenvalue weighted by atomic mass is 10.2. The third-order valence-electron chi connectivity index (χ3n) is 3.54. The molecule has 2 aliphatic heterocycles. The van der Waals surface area contributed by atoms with E-state index in [4.69, 9.17) is 12.2 Å². The number of thiocarbonyl (C=S) groups is 1. The smallest absolute Gasteiger partial charge is 0.266 e. The van der Waals surface area contributed by atoms with Gasteiger partial charge in [-0.1, -0.05) is 36.1 Å². The number of carbonyl (C=O) groups excluding carboxylic acids is 1. The first-order valence-electron chi connectivity index (χ1n) is 6.59. The van der Waals surface area contributed by atoms with E-state index < -0.39 is 15.9 Å². The van der Waals surface area contributed by atoms with Gasteiger partial charge in [-0.25, -0.2) is 12.8 Å². The Balaban J connectivity index is 1.86. The van der Waals surface area contributed by atoms with E-state index in [0.29, 0.717) is 21.2 Å². The Hall–Kier alpha value is -1.25. The van der Waals surface area contributed by atoms with Crippen molar-refractivity contribution in [2.75, 3.05) is 11.5 Å². The fraction of sp³-hybridized carbons (Fsp3) is 0.286. The van der Waals surface area contributed by atoms with Crippen molar-refractivity contribution in [3.63, 3.8) is 0 Å². The van der Waals surface area contributed by atoms with E-state index in [1.54, 1.807) is 18.2 Å². The SMILES string of the molecule is O=C1/C(=C\c2cccc(F)c2)SC(=S)N1[C@H]1CCS(=O)(=O)C1. The summed E-state index contributed by atoms with van der Waals surface area (Å²) in [7, 11) is -3.09. The Morgan fingerprint density at radius 1 is 1.41 bits per heavy atom. The van der Waals surface area contributed by atoms with Gasteiger partial charge < -0.3 is 0 Å². The van der Waals surface area contributed by atoms with Crippen LogP contribution in [0.4, 0.5) is 4.39 Å². The van der Waals surface area contributed by atoms with E-state index in [1.165, 1.54) is 17.0 Å². The van der Waals surface area contributed by atoms with Crippen molar-refractivity contribution in [1.29, 1.82) is 0 Å². The van der Waals surface area contributed by atoms with Crippen LogP contribution in [0.15, 0.2) is 29.2 Å². The Labute approximate surface area is 137 Å². The molecule has 22 heavy (non-hydrogen) atoms. The second-order valence-corrected chi connectivity index (χ2v) is 9.07. The summed E-state index contributed by atoms with van der Waals surface area (Å²) >= 11 is 6.33. The Morgan fingerprint density at radius 3 is 2.82 bits per heavy atom. The van der Waals surface area contributed by atoms with Crippen LogP contribution in [0.25, 0.3) is 6.08 Å². The lowest BCUT2D eigenvalue weighted by molar-refractivity contribution is -0.123. The summed E-state index contributed by atoms with van der Waals surface area (Å²) < 4.78 is 36.7. The van der Waals surface area contributed by atoms with Crippen LogP contribution in [-0.2, 0) is 14.6 Å². The quantitative estimate of drug-likeness (QED) is 0.600. The maximum absolute atomic E-state index is 13.2. The molecule has 1 aromatic carbocycles. The molecule has 2 heterocycles. The van der Waals surface area contributed by atoms with Crippen LogP contribution in [0.5, 0.6) is 0 Å². The van der Waals surface area contributed by atoms with Gasteiger partial charge in [-0.2, -0.15) is 0 Å². The van der Waals surface area contributed by atoms with E-state index in [0.717, 1.165) is 11.8 Å². The molecule has 0 spiro atoms. The molecule has 0 N–H and O–H groups in total. The van der Waals surface area contributed by atoms with E-state index in [1.807, 2.05) is 0 Å². The van der Waals surface area contributed by atoms with Crippen molar-refractivity contribution in [2.45, 2.75) is 12.5 Å². The predicted octanol–water partition coefficient (Wildman–Crippen LogP) is 2.21. The zero-order valence-electron chi connectivity index (χ0n) is 11.4. The summed E-state index contributed by atoms with van der Waals surface area (Å²) in [5, 5.41) is 0. The van der Waals surface area contributed by atoms with Crippen molar-refractivity contribution >= 4 is 50.1 Å². The average molecular weight is 357 g/mol. The van der Waals surface area contributed by atoms with Gasteiger partial charge in [-0.15, -0.1) is 0 Å². The molecule has 0 bridgehead atoms. The van der Waals surface area contributed by atoms with Crippen molar-refractivity contribution in [3.05, 3.63) is 40.6 Å². The third kappa shape index (κ3) is 3.09. The molecular weight excluding hydrogens is 345 g/mol. The first-order valence-corrected chi connectivity index (χ1v) is 9.63. The van der Waals surface area contributed by atoms with Crippen molar-refractivity contribution in [1.82, 2.24) is 4.90 Å². The largest absolute Gasteiger partial charge is 0.289 e. The second-order valence-electron chi connectivity index (χ2n) is 5.16. The molecule has 1 atom stereocenters. The summed E-state index contributed by atoms with van der Waals surface area (Å²) in [5.41, 5.74) is 0.569. The van der Waals surface area contributed by atoms with Gasteiger partial charge in [-0.05, 0) is 30.2 Å². The van der Waals surface area contributed by atoms with Gasteiger partial charge in [0.15, 0.2) is 9.84 Å². The van der Waals surface area contributed by atoms with E-state index >= 15 is 0 Å². The molecule has 0 aromatic heterocycles. The summed E-state index contributed by atoms with van der Waals surface area (Å²) in [6.07, 6.45) is 1.98. The molecule has 4 nitrogen and oxygen atoms in total. The van der Waals surface area contributed by atoms with Gasteiger partial charge in [0, 0.05) is 0 Å². The number of sulfone groups is 1. The highest BCUT2D eigenvalue weighted by atomic mass is 32.2. The molecule has 8 heteroatoms.